The van der Waals surface area contributed by atoms with E-state index in [2.05, 4.69) is 19.9 Å². The molecule has 0 fully saturated rings. The molecule has 0 saturated heterocycles. The van der Waals surface area contributed by atoms with Gasteiger partial charge in [0.2, 0.25) is 0 Å². The third kappa shape index (κ3) is 3.05. The van der Waals surface area contributed by atoms with Crippen LogP contribution in [0.5, 0.6) is 0 Å². The van der Waals surface area contributed by atoms with Crippen molar-refractivity contribution in [3.63, 3.8) is 0 Å². The van der Waals surface area contributed by atoms with E-state index in [-0.39, 0.29) is 0 Å². The summed E-state index contributed by atoms with van der Waals surface area (Å²) < 4.78 is 2.03. The second-order valence-corrected chi connectivity index (χ2v) is 5.45. The van der Waals surface area contributed by atoms with Crippen LogP contribution in [0.1, 0.15) is 5.56 Å². The highest BCUT2D eigenvalue weighted by molar-refractivity contribution is 5.60. The molecule has 1 aromatic carbocycles. The number of hydrogen-bond acceptors (Lipinski definition) is 4. The average molecular weight is 313 g/mol. The molecule has 0 aliphatic carbocycles. The van der Waals surface area contributed by atoms with Crippen molar-refractivity contribution >= 4 is 0 Å². The Bertz CT molecular complexity index is 915. The number of nitrogens with zero attached hydrogens (tertiary/aromatic N) is 5. The first-order chi connectivity index (χ1) is 11.9. The largest absolute Gasteiger partial charge is 0.332 e. The van der Waals surface area contributed by atoms with E-state index in [0.717, 1.165) is 28.9 Å². The molecule has 0 unspecified atom stereocenters. The molecular weight excluding hydrogens is 298 g/mol. The van der Waals surface area contributed by atoms with Crippen molar-refractivity contribution in [2.45, 2.75) is 6.54 Å². The minimum Gasteiger partial charge on any atom is -0.332 e. The lowest BCUT2D eigenvalue weighted by molar-refractivity contribution is 0.793. The summed E-state index contributed by atoms with van der Waals surface area (Å²) >= 11 is 0. The van der Waals surface area contributed by atoms with Crippen LogP contribution < -0.4 is 0 Å². The van der Waals surface area contributed by atoms with Crippen LogP contribution >= 0.6 is 0 Å². The van der Waals surface area contributed by atoms with Crippen LogP contribution in [0.15, 0.2) is 79.8 Å². The highest BCUT2D eigenvalue weighted by Gasteiger charge is 2.06. The van der Waals surface area contributed by atoms with Gasteiger partial charge in [-0.2, -0.15) is 0 Å². The van der Waals surface area contributed by atoms with Crippen molar-refractivity contribution < 1.29 is 0 Å². The zero-order chi connectivity index (χ0) is 16.2. The Morgan fingerprint density at radius 3 is 2.38 bits per heavy atom. The topological polar surface area (TPSA) is 56.5 Å². The second-order valence-electron chi connectivity index (χ2n) is 5.45. The predicted molar refractivity (Wildman–Crippen MR) is 92.0 cm³/mol. The van der Waals surface area contributed by atoms with Gasteiger partial charge in [0.25, 0.3) is 0 Å². The van der Waals surface area contributed by atoms with Gasteiger partial charge in [-0.3, -0.25) is 4.98 Å². The average Bonchev–Trinajstić information content (AvgIpc) is 3.12. The fourth-order valence-electron chi connectivity index (χ4n) is 2.49. The van der Waals surface area contributed by atoms with Gasteiger partial charge in [-0.05, 0) is 11.6 Å². The first-order valence-electron chi connectivity index (χ1n) is 7.67. The maximum Gasteiger partial charge on any atom is 0.159 e. The predicted octanol–water partition coefficient (Wildman–Crippen LogP) is 3.45. The maximum absolute atomic E-state index is 4.45. The van der Waals surface area contributed by atoms with Crippen LogP contribution in [-0.4, -0.2) is 24.5 Å². The number of pyridine rings is 1. The van der Waals surface area contributed by atoms with Crippen molar-refractivity contribution in [3.05, 3.63) is 85.3 Å². The van der Waals surface area contributed by atoms with E-state index in [1.165, 1.54) is 0 Å². The quantitative estimate of drug-likeness (QED) is 0.579. The van der Waals surface area contributed by atoms with Gasteiger partial charge in [0.15, 0.2) is 5.82 Å². The van der Waals surface area contributed by atoms with E-state index in [9.17, 15) is 0 Å². The first kappa shape index (κ1) is 14.3. The van der Waals surface area contributed by atoms with E-state index >= 15 is 0 Å². The molecule has 0 aliphatic rings. The van der Waals surface area contributed by atoms with E-state index in [0.29, 0.717) is 5.82 Å². The summed E-state index contributed by atoms with van der Waals surface area (Å²) in [7, 11) is 0. The molecule has 0 radical (unpaired) electrons. The molecule has 116 valence electrons. The van der Waals surface area contributed by atoms with E-state index in [1.807, 2.05) is 78.1 Å². The lowest BCUT2D eigenvalue weighted by Gasteiger charge is -2.02. The van der Waals surface area contributed by atoms with Crippen LogP contribution in [0, 0.1) is 0 Å². The number of benzene rings is 1. The Morgan fingerprint density at radius 1 is 0.792 bits per heavy atom. The number of rotatable bonds is 4. The molecule has 4 rings (SSSR count). The lowest BCUT2D eigenvalue weighted by Crippen LogP contribution is -1.96. The van der Waals surface area contributed by atoms with E-state index in [4.69, 9.17) is 0 Å². The van der Waals surface area contributed by atoms with Gasteiger partial charge in [0.05, 0.1) is 18.6 Å². The highest BCUT2D eigenvalue weighted by atomic mass is 15.0. The Balaban J connectivity index is 1.54. The second kappa shape index (κ2) is 6.42. The van der Waals surface area contributed by atoms with Crippen LogP contribution in [0.25, 0.3) is 22.6 Å². The van der Waals surface area contributed by atoms with Gasteiger partial charge in [-0.15, -0.1) is 0 Å². The van der Waals surface area contributed by atoms with Crippen molar-refractivity contribution in [2.24, 2.45) is 0 Å². The van der Waals surface area contributed by atoms with Crippen molar-refractivity contribution in [1.82, 2.24) is 24.5 Å². The maximum atomic E-state index is 4.45. The molecule has 5 nitrogen and oxygen atoms in total. The first-order valence-corrected chi connectivity index (χ1v) is 7.67. The smallest absolute Gasteiger partial charge is 0.159 e. The van der Waals surface area contributed by atoms with Gasteiger partial charge in [-0.25, -0.2) is 15.0 Å². The molecule has 3 heterocycles. The summed E-state index contributed by atoms with van der Waals surface area (Å²) in [5.74, 6) is 0.717. The molecule has 24 heavy (non-hydrogen) atoms. The minimum atomic E-state index is 0.717. The Labute approximate surface area is 139 Å². The molecule has 0 atom stereocenters. The fourth-order valence-corrected chi connectivity index (χ4v) is 2.49. The van der Waals surface area contributed by atoms with Crippen molar-refractivity contribution in [3.8, 4) is 22.6 Å². The van der Waals surface area contributed by atoms with Crippen LogP contribution in [-0.2, 0) is 6.54 Å². The standard InChI is InChI=1S/C19H15N5/c1-2-6-16(7-3-1)19-21-10-17(11-22-19)18-13-24(14-23-18)12-15-5-4-8-20-9-15/h1-11,13-14H,12H2. The zero-order valence-electron chi connectivity index (χ0n) is 12.9. The molecular formula is C19H15N5. The van der Waals surface area contributed by atoms with E-state index < -0.39 is 0 Å². The third-order valence-electron chi connectivity index (χ3n) is 3.70. The van der Waals surface area contributed by atoms with E-state index in [1.54, 1.807) is 6.20 Å². The molecule has 5 heteroatoms. The fraction of sp³-hybridized carbons (Fsp3) is 0.0526. The van der Waals surface area contributed by atoms with Crippen molar-refractivity contribution in [2.75, 3.05) is 0 Å². The number of aromatic nitrogens is 5. The highest BCUT2D eigenvalue weighted by Crippen LogP contribution is 2.19. The molecule has 0 N–H and O–H groups in total. The molecule has 0 amide bonds. The van der Waals surface area contributed by atoms with Crippen LogP contribution in [0.2, 0.25) is 0 Å². The van der Waals surface area contributed by atoms with Gasteiger partial charge < -0.3 is 4.57 Å². The summed E-state index contributed by atoms with van der Waals surface area (Å²) in [6.45, 7) is 0.740. The van der Waals surface area contributed by atoms with Gasteiger partial charge >= 0.3 is 0 Å². The third-order valence-corrected chi connectivity index (χ3v) is 3.70. The molecule has 0 saturated carbocycles. The Kier molecular flexibility index (Phi) is 3.81. The molecule has 3 aromatic heterocycles. The SMILES string of the molecule is c1ccc(-c2ncc(-c3cn(Cc4cccnc4)cn3)cn2)cc1. The minimum absolute atomic E-state index is 0.717. The molecule has 0 aliphatic heterocycles. The number of hydrogen-bond donors (Lipinski definition) is 0. The summed E-state index contributed by atoms with van der Waals surface area (Å²) in [5.41, 5.74) is 3.90. The van der Waals surface area contributed by atoms with Gasteiger partial charge in [-0.1, -0.05) is 36.4 Å². The molecule has 0 bridgehead atoms. The van der Waals surface area contributed by atoms with Crippen molar-refractivity contribution in [1.29, 1.82) is 0 Å². The number of imidazole rings is 1. The van der Waals surface area contributed by atoms with Gasteiger partial charge in [0, 0.05) is 42.1 Å². The Hall–Kier alpha value is -3.34. The van der Waals surface area contributed by atoms with Crippen LogP contribution in [0.3, 0.4) is 0 Å². The lowest BCUT2D eigenvalue weighted by atomic mass is 10.2. The van der Waals surface area contributed by atoms with Crippen LogP contribution in [0.4, 0.5) is 0 Å². The summed E-state index contributed by atoms with van der Waals surface area (Å²) in [5, 5.41) is 0. The summed E-state index contributed by atoms with van der Waals surface area (Å²) in [4.78, 5) is 17.5. The summed E-state index contributed by atoms with van der Waals surface area (Å²) in [6.07, 6.45) is 11.1. The summed E-state index contributed by atoms with van der Waals surface area (Å²) in [6, 6.07) is 13.9. The monoisotopic (exact) mass is 313 g/mol. The normalized spacial score (nSPS) is 10.7. The Morgan fingerprint density at radius 2 is 1.62 bits per heavy atom. The molecule has 0 spiro atoms. The van der Waals surface area contributed by atoms with Gasteiger partial charge in [0.1, 0.15) is 0 Å². The molecule has 4 aromatic rings. The zero-order valence-corrected chi connectivity index (χ0v) is 12.9.